The number of aryl methyl sites for hydroxylation is 1. The Morgan fingerprint density at radius 2 is 2.04 bits per heavy atom. The van der Waals surface area contributed by atoms with E-state index in [0.29, 0.717) is 6.04 Å². The quantitative estimate of drug-likeness (QED) is 0.584. The van der Waals surface area contributed by atoms with E-state index in [1.165, 1.54) is 24.0 Å². The highest BCUT2D eigenvalue weighted by molar-refractivity contribution is 8.00. The topological polar surface area (TPSA) is 50.7 Å². The van der Waals surface area contributed by atoms with Crippen LogP contribution in [0.4, 0.5) is 5.13 Å². The van der Waals surface area contributed by atoms with Gasteiger partial charge in [-0.2, -0.15) is 0 Å². The lowest BCUT2D eigenvalue weighted by Crippen LogP contribution is -1.99. The van der Waals surface area contributed by atoms with Gasteiger partial charge in [-0.05, 0) is 24.8 Å². The summed E-state index contributed by atoms with van der Waals surface area (Å²) in [6.45, 7) is 2.17. The average Bonchev–Trinajstić information content (AvgIpc) is 3.11. The number of aromatic nitrogens is 3. The SMILES string of the molecule is CCc1ccc(-c2nc(CSc3nnc(NC4CC4)s3)cs2)cc1. The van der Waals surface area contributed by atoms with Gasteiger partial charge in [0.25, 0.3) is 0 Å². The number of thiazole rings is 1. The molecule has 0 saturated heterocycles. The van der Waals surface area contributed by atoms with Gasteiger partial charge in [0.05, 0.1) is 5.69 Å². The second-order valence-electron chi connectivity index (χ2n) is 5.77. The van der Waals surface area contributed by atoms with Crippen molar-refractivity contribution in [3.8, 4) is 10.6 Å². The lowest BCUT2D eigenvalue weighted by Gasteiger charge is -1.99. The summed E-state index contributed by atoms with van der Waals surface area (Å²) >= 11 is 5.04. The van der Waals surface area contributed by atoms with E-state index in [9.17, 15) is 0 Å². The first-order valence-corrected chi connectivity index (χ1v) is 10.7. The highest BCUT2D eigenvalue weighted by Crippen LogP contribution is 2.32. The minimum atomic E-state index is 0.621. The fraction of sp³-hybridized carbons (Fsp3) is 0.353. The predicted molar refractivity (Wildman–Crippen MR) is 103 cm³/mol. The average molecular weight is 375 g/mol. The van der Waals surface area contributed by atoms with Gasteiger partial charge in [-0.15, -0.1) is 21.5 Å². The maximum Gasteiger partial charge on any atom is 0.206 e. The Balaban J connectivity index is 1.36. The van der Waals surface area contributed by atoms with Crippen LogP contribution in [0.5, 0.6) is 0 Å². The summed E-state index contributed by atoms with van der Waals surface area (Å²) in [7, 11) is 0. The molecule has 2 heterocycles. The highest BCUT2D eigenvalue weighted by Gasteiger charge is 2.22. The second kappa shape index (κ2) is 7.21. The zero-order valence-corrected chi connectivity index (χ0v) is 15.8. The summed E-state index contributed by atoms with van der Waals surface area (Å²) in [5, 5.41) is 16.0. The Hall–Kier alpha value is -1.44. The van der Waals surface area contributed by atoms with Crippen LogP contribution in [0, 0.1) is 0 Å². The van der Waals surface area contributed by atoms with Gasteiger partial charge >= 0.3 is 0 Å². The van der Waals surface area contributed by atoms with Gasteiger partial charge in [0.15, 0.2) is 4.34 Å². The number of nitrogens with one attached hydrogen (secondary N) is 1. The van der Waals surface area contributed by atoms with Crippen LogP contribution in [0.25, 0.3) is 10.6 Å². The molecule has 0 bridgehead atoms. The normalized spacial score (nSPS) is 14.0. The van der Waals surface area contributed by atoms with Gasteiger partial charge in [-0.3, -0.25) is 0 Å². The van der Waals surface area contributed by atoms with Gasteiger partial charge in [-0.1, -0.05) is 54.3 Å². The van der Waals surface area contributed by atoms with Crippen LogP contribution in [-0.4, -0.2) is 21.2 Å². The molecule has 0 unspecified atom stereocenters. The molecule has 4 rings (SSSR count). The van der Waals surface area contributed by atoms with Crippen molar-refractivity contribution in [2.75, 3.05) is 5.32 Å². The molecular weight excluding hydrogens is 356 g/mol. The number of hydrogen-bond acceptors (Lipinski definition) is 7. The van der Waals surface area contributed by atoms with Crippen LogP contribution < -0.4 is 5.32 Å². The Labute approximate surface area is 153 Å². The second-order valence-corrected chi connectivity index (χ2v) is 8.83. The third-order valence-corrected chi connectivity index (χ3v) is 6.78. The fourth-order valence-corrected chi connectivity index (χ4v) is 4.91. The summed E-state index contributed by atoms with van der Waals surface area (Å²) in [5.74, 6) is 0.835. The summed E-state index contributed by atoms with van der Waals surface area (Å²) in [5.41, 5.74) is 3.66. The van der Waals surface area contributed by atoms with Crippen LogP contribution in [-0.2, 0) is 12.2 Å². The molecule has 1 fully saturated rings. The zero-order chi connectivity index (χ0) is 16.4. The van der Waals surface area contributed by atoms with Crippen molar-refractivity contribution < 1.29 is 0 Å². The first kappa shape index (κ1) is 16.1. The highest BCUT2D eigenvalue weighted by atomic mass is 32.2. The molecule has 1 saturated carbocycles. The molecule has 0 amide bonds. The number of anilines is 1. The predicted octanol–water partition coefficient (Wildman–Crippen LogP) is 5.09. The monoisotopic (exact) mass is 374 g/mol. The molecule has 0 aliphatic heterocycles. The molecule has 2 aromatic heterocycles. The van der Waals surface area contributed by atoms with Crippen molar-refractivity contribution in [1.82, 2.24) is 15.2 Å². The summed E-state index contributed by atoms with van der Waals surface area (Å²) < 4.78 is 1.000. The molecule has 0 spiro atoms. The summed E-state index contributed by atoms with van der Waals surface area (Å²) in [4.78, 5) is 4.75. The molecule has 124 valence electrons. The Morgan fingerprint density at radius 1 is 1.21 bits per heavy atom. The summed E-state index contributed by atoms with van der Waals surface area (Å²) in [6, 6.07) is 9.31. The number of thioether (sulfide) groups is 1. The van der Waals surface area contributed by atoms with Crippen molar-refractivity contribution in [2.24, 2.45) is 0 Å². The van der Waals surface area contributed by atoms with Crippen molar-refractivity contribution in [3.05, 3.63) is 40.9 Å². The van der Waals surface area contributed by atoms with E-state index in [4.69, 9.17) is 4.98 Å². The minimum absolute atomic E-state index is 0.621. The van der Waals surface area contributed by atoms with Gasteiger partial charge in [0, 0.05) is 22.7 Å². The van der Waals surface area contributed by atoms with Crippen LogP contribution in [0.2, 0.25) is 0 Å². The van der Waals surface area contributed by atoms with E-state index in [1.807, 2.05) is 0 Å². The zero-order valence-electron chi connectivity index (χ0n) is 13.4. The van der Waals surface area contributed by atoms with Crippen molar-refractivity contribution in [2.45, 2.75) is 42.3 Å². The number of benzene rings is 1. The van der Waals surface area contributed by atoms with Crippen molar-refractivity contribution >= 4 is 39.6 Å². The molecule has 7 heteroatoms. The molecule has 0 atom stereocenters. The maximum absolute atomic E-state index is 4.75. The molecular formula is C17H18N4S3. The largest absolute Gasteiger partial charge is 0.357 e. The lowest BCUT2D eigenvalue weighted by atomic mass is 10.1. The Kier molecular flexibility index (Phi) is 4.82. The third-order valence-electron chi connectivity index (χ3n) is 3.82. The van der Waals surface area contributed by atoms with E-state index in [-0.39, 0.29) is 0 Å². The lowest BCUT2D eigenvalue weighted by molar-refractivity contribution is 0.994. The molecule has 1 aromatic carbocycles. The summed E-state index contributed by atoms with van der Waals surface area (Å²) in [6.07, 6.45) is 3.57. The van der Waals surface area contributed by atoms with E-state index >= 15 is 0 Å². The van der Waals surface area contributed by atoms with E-state index in [0.717, 1.165) is 32.3 Å². The fourth-order valence-electron chi connectivity index (χ4n) is 2.25. The van der Waals surface area contributed by atoms with E-state index in [1.54, 1.807) is 34.4 Å². The smallest absolute Gasteiger partial charge is 0.206 e. The van der Waals surface area contributed by atoms with E-state index < -0.39 is 0 Å². The van der Waals surface area contributed by atoms with Crippen LogP contribution in [0.15, 0.2) is 34.0 Å². The van der Waals surface area contributed by atoms with E-state index in [2.05, 4.69) is 52.1 Å². The first-order valence-electron chi connectivity index (χ1n) is 8.06. The van der Waals surface area contributed by atoms with Gasteiger partial charge in [0.1, 0.15) is 5.01 Å². The van der Waals surface area contributed by atoms with Crippen LogP contribution in [0.1, 0.15) is 31.0 Å². The molecule has 1 aliphatic rings. The standard InChI is InChI=1S/C17H18N4S3/c1-2-11-3-5-12(6-4-11)15-18-14(9-22-15)10-23-17-21-20-16(24-17)19-13-7-8-13/h3-6,9,13H,2,7-8,10H2,1H3,(H,19,20). The maximum atomic E-state index is 4.75. The van der Waals surface area contributed by atoms with Gasteiger partial charge in [-0.25, -0.2) is 4.98 Å². The molecule has 1 aliphatic carbocycles. The van der Waals surface area contributed by atoms with Gasteiger partial charge < -0.3 is 5.32 Å². The minimum Gasteiger partial charge on any atom is -0.357 e. The molecule has 0 radical (unpaired) electrons. The van der Waals surface area contributed by atoms with Crippen molar-refractivity contribution in [1.29, 1.82) is 0 Å². The third kappa shape index (κ3) is 3.96. The molecule has 3 aromatic rings. The van der Waals surface area contributed by atoms with Gasteiger partial charge in [0.2, 0.25) is 5.13 Å². The van der Waals surface area contributed by atoms with Crippen LogP contribution >= 0.6 is 34.4 Å². The number of hydrogen-bond donors (Lipinski definition) is 1. The molecule has 24 heavy (non-hydrogen) atoms. The first-order chi connectivity index (χ1) is 11.8. The number of nitrogens with zero attached hydrogens (tertiary/aromatic N) is 3. The van der Waals surface area contributed by atoms with Crippen LogP contribution in [0.3, 0.4) is 0 Å². The molecule has 4 nitrogen and oxygen atoms in total. The molecule has 1 N–H and O–H groups in total. The Bertz CT molecular complexity index is 805. The number of rotatable bonds is 7. The Morgan fingerprint density at radius 3 is 2.79 bits per heavy atom. The van der Waals surface area contributed by atoms with Crippen molar-refractivity contribution in [3.63, 3.8) is 0 Å².